The second-order valence-corrected chi connectivity index (χ2v) is 5.18. The third-order valence-corrected chi connectivity index (χ3v) is 3.61. The number of aromatic nitrogens is 1. The van der Waals surface area contributed by atoms with E-state index in [2.05, 4.69) is 27.2 Å². The summed E-state index contributed by atoms with van der Waals surface area (Å²) in [5, 5.41) is 3.27. The van der Waals surface area contributed by atoms with Gasteiger partial charge in [0.25, 0.3) is 0 Å². The number of benzene rings is 1. The van der Waals surface area contributed by atoms with Crippen LogP contribution in [0.25, 0.3) is 0 Å². The lowest BCUT2D eigenvalue weighted by molar-refractivity contribution is 0.0594. The van der Waals surface area contributed by atoms with Crippen LogP contribution in [-0.2, 0) is 4.74 Å². The van der Waals surface area contributed by atoms with Crippen LogP contribution in [0.5, 0.6) is 0 Å². The molecule has 0 radical (unpaired) electrons. The van der Waals surface area contributed by atoms with Gasteiger partial charge in [-0.15, -0.1) is 11.8 Å². The van der Waals surface area contributed by atoms with Crippen molar-refractivity contribution in [1.29, 1.82) is 0 Å². The number of pyridine rings is 1. The molecule has 0 aliphatic rings. The molecule has 1 heterocycles. The van der Waals surface area contributed by atoms with Crippen molar-refractivity contribution in [3.05, 3.63) is 54.4 Å². The third-order valence-electron chi connectivity index (χ3n) is 2.60. The van der Waals surface area contributed by atoms with Gasteiger partial charge >= 0.3 is 5.97 Å². The molecule has 0 fully saturated rings. The Hall–Kier alpha value is -2.01. The molecule has 1 N–H and O–H groups in total. The Morgan fingerprint density at radius 2 is 2.10 bits per heavy atom. The number of esters is 1. The van der Waals surface area contributed by atoms with E-state index in [9.17, 15) is 4.79 Å². The van der Waals surface area contributed by atoms with Gasteiger partial charge in [-0.2, -0.15) is 0 Å². The molecule has 1 aromatic heterocycles. The number of thioether (sulfide) groups is 1. The number of methoxy groups -OCH3 is 1. The summed E-state index contributed by atoms with van der Waals surface area (Å²) >= 11 is 1.78. The third kappa shape index (κ3) is 4.28. The molecule has 104 valence electrons. The van der Waals surface area contributed by atoms with Crippen LogP contribution in [0, 0.1) is 0 Å². The zero-order chi connectivity index (χ0) is 14.2. The highest BCUT2D eigenvalue weighted by Crippen LogP contribution is 2.17. The summed E-state index contributed by atoms with van der Waals surface area (Å²) in [7, 11) is 1.35. The summed E-state index contributed by atoms with van der Waals surface area (Å²) in [6, 6.07) is 13.8. The number of anilines is 1. The number of nitrogens with one attached hydrogen (secondary N) is 1. The summed E-state index contributed by atoms with van der Waals surface area (Å²) in [4.78, 5) is 16.6. The van der Waals surface area contributed by atoms with E-state index in [1.54, 1.807) is 24.0 Å². The topological polar surface area (TPSA) is 51.2 Å². The molecule has 5 heteroatoms. The van der Waals surface area contributed by atoms with Gasteiger partial charge in [0.05, 0.1) is 7.11 Å². The maximum absolute atomic E-state index is 11.4. The normalized spacial score (nSPS) is 10.1. The van der Waals surface area contributed by atoms with Gasteiger partial charge in [-0.25, -0.2) is 9.78 Å². The Bertz CT molecular complexity index is 561. The van der Waals surface area contributed by atoms with Gasteiger partial charge in [0.15, 0.2) is 0 Å². The minimum Gasteiger partial charge on any atom is -0.464 e. The molecule has 0 saturated heterocycles. The Labute approximate surface area is 122 Å². The Kier molecular flexibility index (Phi) is 5.43. The van der Waals surface area contributed by atoms with E-state index in [-0.39, 0.29) is 0 Å². The molecule has 2 rings (SSSR count). The van der Waals surface area contributed by atoms with E-state index in [4.69, 9.17) is 0 Å². The SMILES string of the molecule is COC(=O)c1cc(NCCSc2ccccc2)ccn1. The van der Waals surface area contributed by atoms with E-state index in [0.717, 1.165) is 18.0 Å². The molecule has 0 amide bonds. The predicted molar refractivity (Wildman–Crippen MR) is 81.2 cm³/mol. The Morgan fingerprint density at radius 3 is 2.85 bits per heavy atom. The molecular formula is C15H16N2O2S. The molecule has 0 unspecified atom stereocenters. The molecule has 4 nitrogen and oxygen atoms in total. The highest BCUT2D eigenvalue weighted by atomic mass is 32.2. The number of carbonyl (C=O) groups is 1. The second kappa shape index (κ2) is 7.55. The largest absolute Gasteiger partial charge is 0.464 e. The average molecular weight is 288 g/mol. The first-order chi connectivity index (χ1) is 9.79. The molecule has 20 heavy (non-hydrogen) atoms. The van der Waals surface area contributed by atoms with Crippen LogP contribution in [0.2, 0.25) is 0 Å². The first-order valence-electron chi connectivity index (χ1n) is 6.25. The highest BCUT2D eigenvalue weighted by molar-refractivity contribution is 7.99. The van der Waals surface area contributed by atoms with E-state index in [1.807, 2.05) is 24.3 Å². The first kappa shape index (κ1) is 14.4. The minimum atomic E-state index is -0.424. The summed E-state index contributed by atoms with van der Waals surface area (Å²) in [5.74, 6) is 0.521. The van der Waals surface area contributed by atoms with Crippen LogP contribution in [0.4, 0.5) is 5.69 Å². The minimum absolute atomic E-state index is 0.313. The zero-order valence-electron chi connectivity index (χ0n) is 11.2. The van der Waals surface area contributed by atoms with Gasteiger partial charge < -0.3 is 10.1 Å². The van der Waals surface area contributed by atoms with Crippen LogP contribution in [-0.4, -0.2) is 30.4 Å². The van der Waals surface area contributed by atoms with Crippen molar-refractivity contribution in [2.45, 2.75) is 4.90 Å². The van der Waals surface area contributed by atoms with Crippen LogP contribution in [0.1, 0.15) is 10.5 Å². The van der Waals surface area contributed by atoms with E-state index in [0.29, 0.717) is 5.69 Å². The standard InChI is InChI=1S/C15H16N2O2S/c1-19-15(18)14-11-12(7-8-17-14)16-9-10-20-13-5-3-2-4-6-13/h2-8,11H,9-10H2,1H3,(H,16,17). The summed E-state index contributed by atoms with van der Waals surface area (Å²) < 4.78 is 4.64. The quantitative estimate of drug-likeness (QED) is 0.503. The first-order valence-corrected chi connectivity index (χ1v) is 7.24. The molecule has 0 aliphatic heterocycles. The average Bonchev–Trinajstić information content (AvgIpc) is 2.52. The molecule has 0 spiro atoms. The van der Waals surface area contributed by atoms with Crippen molar-refractivity contribution >= 4 is 23.4 Å². The molecule has 2 aromatic rings. The fraction of sp³-hybridized carbons (Fsp3) is 0.200. The molecule has 0 saturated carbocycles. The Morgan fingerprint density at radius 1 is 1.30 bits per heavy atom. The molecule has 0 atom stereocenters. The lowest BCUT2D eigenvalue weighted by Gasteiger charge is -2.07. The molecule has 1 aromatic carbocycles. The number of carbonyl (C=O) groups excluding carboxylic acids is 1. The van der Waals surface area contributed by atoms with Crippen molar-refractivity contribution in [1.82, 2.24) is 4.98 Å². The van der Waals surface area contributed by atoms with E-state index in [1.165, 1.54) is 12.0 Å². The van der Waals surface area contributed by atoms with Gasteiger partial charge in [0.1, 0.15) is 5.69 Å². The second-order valence-electron chi connectivity index (χ2n) is 4.01. The van der Waals surface area contributed by atoms with Crippen LogP contribution >= 0.6 is 11.8 Å². The van der Waals surface area contributed by atoms with Gasteiger partial charge in [-0.05, 0) is 24.3 Å². The Balaban J connectivity index is 1.81. The number of ether oxygens (including phenoxy) is 1. The molecular weight excluding hydrogens is 272 g/mol. The van der Waals surface area contributed by atoms with Crippen LogP contribution in [0.3, 0.4) is 0 Å². The lowest BCUT2D eigenvalue weighted by atomic mass is 10.3. The summed E-state index contributed by atoms with van der Waals surface area (Å²) in [5.41, 5.74) is 1.18. The fourth-order valence-electron chi connectivity index (χ4n) is 1.64. The smallest absolute Gasteiger partial charge is 0.356 e. The summed E-state index contributed by atoms with van der Waals surface area (Å²) in [6.07, 6.45) is 1.60. The zero-order valence-corrected chi connectivity index (χ0v) is 12.0. The van der Waals surface area contributed by atoms with Gasteiger partial charge in [0.2, 0.25) is 0 Å². The number of nitrogens with zero attached hydrogens (tertiary/aromatic N) is 1. The number of hydrogen-bond acceptors (Lipinski definition) is 5. The van der Waals surface area contributed by atoms with Crippen molar-refractivity contribution < 1.29 is 9.53 Å². The van der Waals surface area contributed by atoms with Crippen LogP contribution < -0.4 is 5.32 Å². The predicted octanol–water partition coefficient (Wildman–Crippen LogP) is 3.07. The van der Waals surface area contributed by atoms with E-state index >= 15 is 0 Å². The van der Waals surface area contributed by atoms with E-state index < -0.39 is 5.97 Å². The maximum atomic E-state index is 11.4. The summed E-state index contributed by atoms with van der Waals surface area (Å²) in [6.45, 7) is 0.810. The lowest BCUT2D eigenvalue weighted by Crippen LogP contribution is -2.07. The van der Waals surface area contributed by atoms with Crippen molar-refractivity contribution in [3.8, 4) is 0 Å². The van der Waals surface area contributed by atoms with Crippen molar-refractivity contribution in [2.75, 3.05) is 24.7 Å². The monoisotopic (exact) mass is 288 g/mol. The van der Waals surface area contributed by atoms with Gasteiger partial charge in [0, 0.05) is 29.1 Å². The molecule has 0 bridgehead atoms. The number of hydrogen-bond donors (Lipinski definition) is 1. The highest BCUT2D eigenvalue weighted by Gasteiger charge is 2.06. The van der Waals surface area contributed by atoms with Crippen LogP contribution in [0.15, 0.2) is 53.6 Å². The van der Waals surface area contributed by atoms with Gasteiger partial charge in [-0.1, -0.05) is 18.2 Å². The van der Waals surface area contributed by atoms with Gasteiger partial charge in [-0.3, -0.25) is 0 Å². The fourth-order valence-corrected chi connectivity index (χ4v) is 2.43. The maximum Gasteiger partial charge on any atom is 0.356 e. The van der Waals surface area contributed by atoms with Crippen molar-refractivity contribution in [3.63, 3.8) is 0 Å². The number of rotatable bonds is 6. The molecule has 0 aliphatic carbocycles. The van der Waals surface area contributed by atoms with Crippen molar-refractivity contribution in [2.24, 2.45) is 0 Å².